The van der Waals surface area contributed by atoms with E-state index >= 15 is 0 Å². The van der Waals surface area contributed by atoms with Crippen molar-refractivity contribution in [3.8, 4) is 0 Å². The molecule has 4 heteroatoms. The number of imide groups is 1. The molecule has 0 spiro atoms. The maximum Gasteiger partial charge on any atom is 0.258 e. The van der Waals surface area contributed by atoms with Crippen molar-refractivity contribution in [3.05, 3.63) is 83.4 Å². The third-order valence-electron chi connectivity index (χ3n) is 5.73. The predicted molar refractivity (Wildman–Crippen MR) is 91.6 cm³/mol. The van der Waals surface area contributed by atoms with Crippen LogP contribution in [0.25, 0.3) is 0 Å². The lowest BCUT2D eigenvalue weighted by Crippen LogP contribution is -2.41. The van der Waals surface area contributed by atoms with Gasteiger partial charge < -0.3 is 0 Å². The van der Waals surface area contributed by atoms with E-state index in [1.807, 2.05) is 24.3 Å². The van der Waals surface area contributed by atoms with Crippen LogP contribution in [0.3, 0.4) is 0 Å². The van der Waals surface area contributed by atoms with Crippen LogP contribution < -0.4 is 0 Å². The van der Waals surface area contributed by atoms with Gasteiger partial charge in [0.25, 0.3) is 11.8 Å². The minimum atomic E-state index is -0.382. The summed E-state index contributed by atoms with van der Waals surface area (Å²) in [5.41, 5.74) is 4.66. The molecule has 2 aromatic carbocycles. The number of nitrogens with zero attached hydrogens (tertiary/aromatic N) is 1. The highest BCUT2D eigenvalue weighted by atomic mass is 16.7. The summed E-state index contributed by atoms with van der Waals surface area (Å²) < 4.78 is 0. The molecule has 0 unspecified atom stereocenters. The van der Waals surface area contributed by atoms with Crippen LogP contribution in [0.15, 0.2) is 61.2 Å². The molecule has 2 bridgehead atoms. The Kier molecular flexibility index (Phi) is 3.00. The highest BCUT2D eigenvalue weighted by molar-refractivity contribution is 6.06. The normalized spacial score (nSPS) is 28.6. The van der Waals surface area contributed by atoms with Gasteiger partial charge in [0.05, 0.1) is 18.4 Å². The Bertz CT molecular complexity index is 803. The topological polar surface area (TPSA) is 46.6 Å². The fourth-order valence-corrected chi connectivity index (χ4v) is 4.90. The number of hydroxylamine groups is 2. The molecule has 3 aliphatic carbocycles. The van der Waals surface area contributed by atoms with E-state index in [1.165, 1.54) is 22.3 Å². The number of hydrogen-bond donors (Lipinski definition) is 0. The zero-order chi connectivity index (χ0) is 17.1. The maximum absolute atomic E-state index is 13.0. The lowest BCUT2D eigenvalue weighted by atomic mass is 9.55. The van der Waals surface area contributed by atoms with Crippen LogP contribution in [-0.2, 0) is 14.4 Å². The molecule has 4 nitrogen and oxygen atoms in total. The Morgan fingerprint density at radius 1 is 0.840 bits per heavy atom. The first-order valence-corrected chi connectivity index (χ1v) is 8.53. The monoisotopic (exact) mass is 331 g/mol. The van der Waals surface area contributed by atoms with Crippen LogP contribution in [0, 0.1) is 11.8 Å². The molecule has 124 valence electrons. The maximum atomic E-state index is 13.0. The largest absolute Gasteiger partial charge is 0.272 e. The van der Waals surface area contributed by atoms with Crippen molar-refractivity contribution in [2.24, 2.45) is 11.8 Å². The molecule has 4 aliphatic rings. The van der Waals surface area contributed by atoms with Crippen molar-refractivity contribution in [1.29, 1.82) is 0 Å². The number of benzene rings is 2. The summed E-state index contributed by atoms with van der Waals surface area (Å²) >= 11 is 0. The number of carbonyl (C=O) groups is 2. The Hall–Kier alpha value is -2.72. The van der Waals surface area contributed by atoms with E-state index in [4.69, 9.17) is 4.84 Å². The van der Waals surface area contributed by atoms with Crippen LogP contribution in [0.4, 0.5) is 0 Å². The number of rotatable bonds is 3. The Morgan fingerprint density at radius 3 is 1.60 bits per heavy atom. The van der Waals surface area contributed by atoms with Gasteiger partial charge >= 0.3 is 0 Å². The Morgan fingerprint density at radius 2 is 1.24 bits per heavy atom. The van der Waals surface area contributed by atoms with Gasteiger partial charge in [-0.3, -0.25) is 14.4 Å². The molecule has 0 saturated carbocycles. The quantitative estimate of drug-likeness (QED) is 0.642. The standard InChI is InChI=1S/C21H17NO3/c1-2-11-25-22-20(23)18-16-12-7-3-4-8-13(12)17(19(18)21(22)24)15-10-6-5-9-14(15)16/h2-10,16-19H,1,11H2/t16?,17?,18-,19-/m0/s1. The highest BCUT2D eigenvalue weighted by Gasteiger charge is 2.62. The molecule has 0 N–H and O–H groups in total. The minimum absolute atomic E-state index is 0.0869. The van der Waals surface area contributed by atoms with Crippen molar-refractivity contribution >= 4 is 11.8 Å². The van der Waals surface area contributed by atoms with Crippen molar-refractivity contribution in [1.82, 2.24) is 5.06 Å². The highest BCUT2D eigenvalue weighted by Crippen LogP contribution is 2.60. The van der Waals surface area contributed by atoms with E-state index in [-0.39, 0.29) is 42.1 Å². The molecule has 1 aliphatic heterocycles. The van der Waals surface area contributed by atoms with Gasteiger partial charge in [0.15, 0.2) is 0 Å². The van der Waals surface area contributed by atoms with Crippen molar-refractivity contribution in [2.75, 3.05) is 6.61 Å². The summed E-state index contributed by atoms with van der Waals surface area (Å²) in [6.45, 7) is 3.74. The van der Waals surface area contributed by atoms with Crippen LogP contribution in [0.2, 0.25) is 0 Å². The Labute approximate surface area is 145 Å². The van der Waals surface area contributed by atoms with E-state index in [0.717, 1.165) is 5.06 Å². The Balaban J connectivity index is 1.72. The van der Waals surface area contributed by atoms with Gasteiger partial charge in [-0.15, -0.1) is 6.58 Å². The second-order valence-corrected chi connectivity index (χ2v) is 6.82. The van der Waals surface area contributed by atoms with Crippen molar-refractivity contribution in [2.45, 2.75) is 11.8 Å². The van der Waals surface area contributed by atoms with E-state index in [1.54, 1.807) is 6.08 Å². The molecule has 2 amide bonds. The van der Waals surface area contributed by atoms with Crippen LogP contribution in [0.1, 0.15) is 34.1 Å². The van der Waals surface area contributed by atoms with E-state index in [9.17, 15) is 9.59 Å². The average Bonchev–Trinajstić information content (AvgIpc) is 2.91. The van der Waals surface area contributed by atoms with Crippen molar-refractivity contribution < 1.29 is 14.4 Å². The zero-order valence-electron chi connectivity index (χ0n) is 13.6. The molecule has 1 heterocycles. The summed E-state index contributed by atoms with van der Waals surface area (Å²) in [7, 11) is 0. The molecule has 6 rings (SSSR count). The van der Waals surface area contributed by atoms with E-state index in [0.29, 0.717) is 0 Å². The molecule has 2 atom stereocenters. The van der Waals surface area contributed by atoms with E-state index < -0.39 is 0 Å². The fraction of sp³-hybridized carbons (Fsp3) is 0.238. The number of hydrogen-bond acceptors (Lipinski definition) is 3. The van der Waals surface area contributed by atoms with Gasteiger partial charge in [0.2, 0.25) is 0 Å². The van der Waals surface area contributed by atoms with Crippen LogP contribution in [0.5, 0.6) is 0 Å². The first-order valence-electron chi connectivity index (χ1n) is 8.53. The van der Waals surface area contributed by atoms with Crippen LogP contribution >= 0.6 is 0 Å². The van der Waals surface area contributed by atoms with Gasteiger partial charge in [0.1, 0.15) is 0 Å². The molecular weight excluding hydrogens is 314 g/mol. The molecule has 0 aromatic heterocycles. The molecule has 0 radical (unpaired) electrons. The average molecular weight is 331 g/mol. The third-order valence-corrected chi connectivity index (χ3v) is 5.73. The summed E-state index contributed by atoms with van der Waals surface area (Å²) in [6, 6.07) is 16.4. The zero-order valence-corrected chi connectivity index (χ0v) is 13.6. The van der Waals surface area contributed by atoms with Crippen LogP contribution in [-0.4, -0.2) is 23.5 Å². The number of amides is 2. The summed E-state index contributed by atoms with van der Waals surface area (Å²) in [4.78, 5) is 31.4. The van der Waals surface area contributed by atoms with Gasteiger partial charge in [-0.05, 0) is 22.3 Å². The van der Waals surface area contributed by atoms with Gasteiger partial charge in [-0.1, -0.05) is 54.6 Å². The predicted octanol–water partition coefficient (Wildman–Crippen LogP) is 3.00. The SMILES string of the molecule is C=CCON1C(=O)[C@H]2C3c4ccccc4C(c4ccccc43)[C@@H]2C1=O. The third kappa shape index (κ3) is 1.75. The smallest absolute Gasteiger partial charge is 0.258 e. The number of carbonyl (C=O) groups excluding carboxylic acids is 2. The van der Waals surface area contributed by atoms with Crippen molar-refractivity contribution in [3.63, 3.8) is 0 Å². The lowest BCUT2D eigenvalue weighted by Gasteiger charge is -2.45. The fourth-order valence-electron chi connectivity index (χ4n) is 4.90. The summed E-state index contributed by atoms with van der Waals surface area (Å²) in [6.07, 6.45) is 1.54. The minimum Gasteiger partial charge on any atom is -0.272 e. The first kappa shape index (κ1) is 14.6. The summed E-state index contributed by atoms with van der Waals surface area (Å²) in [5, 5.41) is 0.981. The molecule has 25 heavy (non-hydrogen) atoms. The summed E-state index contributed by atoms with van der Waals surface area (Å²) in [5.74, 6) is -1.39. The van der Waals surface area contributed by atoms with Gasteiger partial charge in [0, 0.05) is 11.8 Å². The first-order chi connectivity index (χ1) is 12.2. The molecular formula is C21H17NO3. The van der Waals surface area contributed by atoms with Gasteiger partial charge in [-0.2, -0.15) is 5.06 Å². The second-order valence-electron chi connectivity index (χ2n) is 6.82. The lowest BCUT2D eigenvalue weighted by molar-refractivity contribution is -0.186. The van der Waals surface area contributed by atoms with E-state index in [2.05, 4.69) is 30.8 Å². The second kappa shape index (κ2) is 5.14. The molecule has 1 fully saturated rings. The molecule has 1 saturated heterocycles. The molecule has 2 aromatic rings. The van der Waals surface area contributed by atoms with Gasteiger partial charge in [-0.25, -0.2) is 0 Å².